The standard InChI is InChI=1S/C9H16F3NO4S/c1-8(16,9(10,11)12)4-6-18(13,17)5-2-3-7(14)15/h13,16H,2-6H2,1H3,(H,14,15). The Bertz CT molecular complexity index is 389. The number of hydrogen-bond acceptors (Lipinski definition) is 4. The lowest BCUT2D eigenvalue weighted by Gasteiger charge is -2.26. The van der Waals surface area contributed by atoms with Crippen molar-refractivity contribution in [3.63, 3.8) is 0 Å². The highest BCUT2D eigenvalue weighted by Gasteiger charge is 2.49. The molecule has 0 aliphatic rings. The minimum atomic E-state index is -4.84. The van der Waals surface area contributed by atoms with Gasteiger partial charge in [-0.1, -0.05) is 0 Å². The van der Waals surface area contributed by atoms with E-state index in [4.69, 9.17) is 15.0 Å². The summed E-state index contributed by atoms with van der Waals surface area (Å²) < 4.78 is 55.7. The summed E-state index contributed by atoms with van der Waals surface area (Å²) in [6.45, 7) is 0.555. The van der Waals surface area contributed by atoms with Gasteiger partial charge in [-0.15, -0.1) is 0 Å². The molecule has 0 saturated carbocycles. The molecular formula is C9H16F3NO4S. The number of carbonyl (C=O) groups is 1. The van der Waals surface area contributed by atoms with Crippen LogP contribution in [0.2, 0.25) is 0 Å². The summed E-state index contributed by atoms with van der Waals surface area (Å²) >= 11 is 0. The van der Waals surface area contributed by atoms with Crippen LogP contribution >= 0.6 is 0 Å². The van der Waals surface area contributed by atoms with E-state index in [-0.39, 0.29) is 18.6 Å². The van der Waals surface area contributed by atoms with Gasteiger partial charge >= 0.3 is 12.1 Å². The maximum atomic E-state index is 12.3. The molecule has 0 aromatic rings. The summed E-state index contributed by atoms with van der Waals surface area (Å²) in [4.78, 5) is 10.2. The number of hydrogen-bond donors (Lipinski definition) is 3. The summed E-state index contributed by atoms with van der Waals surface area (Å²) in [7, 11) is -3.29. The van der Waals surface area contributed by atoms with Gasteiger partial charge in [0.15, 0.2) is 5.60 Å². The number of aliphatic hydroxyl groups is 1. The molecule has 0 spiro atoms. The molecule has 2 unspecified atom stereocenters. The number of nitrogens with one attached hydrogen (secondary N) is 1. The van der Waals surface area contributed by atoms with Gasteiger partial charge in [-0.25, -0.2) is 4.21 Å². The van der Waals surface area contributed by atoms with Gasteiger partial charge < -0.3 is 10.2 Å². The molecule has 0 bridgehead atoms. The fourth-order valence-corrected chi connectivity index (χ4v) is 2.61. The lowest BCUT2D eigenvalue weighted by atomic mass is 10.0. The van der Waals surface area contributed by atoms with Gasteiger partial charge in [0.2, 0.25) is 0 Å². The van der Waals surface area contributed by atoms with Gasteiger partial charge in [0.05, 0.1) is 0 Å². The SMILES string of the molecule is CC(O)(CCS(=N)(=O)CCCC(=O)O)C(F)(F)F. The van der Waals surface area contributed by atoms with Crippen molar-refractivity contribution in [1.82, 2.24) is 0 Å². The molecule has 2 atom stereocenters. The molecule has 9 heteroatoms. The average Bonchev–Trinajstić information content (AvgIpc) is 2.12. The Labute approximate surface area is 103 Å². The third-order valence-electron chi connectivity index (χ3n) is 2.39. The molecule has 0 saturated heterocycles. The molecule has 0 rings (SSSR count). The molecule has 0 aliphatic heterocycles. The van der Waals surface area contributed by atoms with Crippen LogP contribution in [0.25, 0.3) is 0 Å². The Morgan fingerprint density at radius 3 is 2.22 bits per heavy atom. The van der Waals surface area contributed by atoms with Crippen LogP contribution in [0, 0.1) is 4.78 Å². The fourth-order valence-electron chi connectivity index (χ4n) is 1.06. The van der Waals surface area contributed by atoms with Gasteiger partial charge in [0.1, 0.15) is 0 Å². The van der Waals surface area contributed by atoms with E-state index >= 15 is 0 Å². The van der Waals surface area contributed by atoms with Crippen LogP contribution in [0.1, 0.15) is 26.2 Å². The Morgan fingerprint density at radius 2 is 1.83 bits per heavy atom. The van der Waals surface area contributed by atoms with Crippen molar-refractivity contribution in [2.45, 2.75) is 38.0 Å². The third kappa shape index (κ3) is 6.20. The summed E-state index contributed by atoms with van der Waals surface area (Å²) in [5, 5.41) is 17.4. The van der Waals surface area contributed by atoms with Crippen LogP contribution in [0.3, 0.4) is 0 Å². The molecule has 0 heterocycles. The second-order valence-corrected chi connectivity index (χ2v) is 6.68. The second kappa shape index (κ2) is 5.87. The summed E-state index contributed by atoms with van der Waals surface area (Å²) in [5.41, 5.74) is -2.98. The molecule has 3 N–H and O–H groups in total. The van der Waals surface area contributed by atoms with Gasteiger partial charge in [0.25, 0.3) is 0 Å². The smallest absolute Gasteiger partial charge is 0.416 e. The Kier molecular flexibility index (Phi) is 5.60. The third-order valence-corrected chi connectivity index (χ3v) is 4.21. The van der Waals surface area contributed by atoms with Gasteiger partial charge in [0, 0.05) is 27.7 Å². The van der Waals surface area contributed by atoms with Gasteiger partial charge in [-0.2, -0.15) is 13.2 Å². The molecule has 0 fully saturated rings. The van der Waals surface area contributed by atoms with Gasteiger partial charge in [-0.05, 0) is 19.8 Å². The molecule has 18 heavy (non-hydrogen) atoms. The van der Waals surface area contributed by atoms with Gasteiger partial charge in [-0.3, -0.25) is 9.57 Å². The average molecular weight is 291 g/mol. The highest BCUT2D eigenvalue weighted by Crippen LogP contribution is 2.32. The van der Waals surface area contributed by atoms with E-state index in [2.05, 4.69) is 0 Å². The molecule has 5 nitrogen and oxygen atoms in total. The van der Waals surface area contributed by atoms with E-state index in [9.17, 15) is 22.2 Å². The number of halogens is 3. The molecule has 0 aromatic carbocycles. The Hall–Kier alpha value is -0.830. The highest BCUT2D eigenvalue weighted by molar-refractivity contribution is 7.92. The van der Waals surface area contributed by atoms with E-state index in [0.717, 1.165) is 0 Å². The van der Waals surface area contributed by atoms with E-state index in [1.165, 1.54) is 0 Å². The van der Waals surface area contributed by atoms with Crippen LogP contribution in [0.4, 0.5) is 13.2 Å². The lowest BCUT2D eigenvalue weighted by molar-refractivity contribution is -0.253. The lowest BCUT2D eigenvalue weighted by Crippen LogP contribution is -2.43. The normalized spacial score (nSPS) is 18.9. The topological polar surface area (TPSA) is 98.5 Å². The molecule has 0 aliphatic carbocycles. The zero-order valence-corrected chi connectivity index (χ0v) is 10.6. The van der Waals surface area contributed by atoms with E-state index in [1.54, 1.807) is 0 Å². The predicted octanol–water partition coefficient (Wildman–Crippen LogP) is 1.60. The van der Waals surface area contributed by atoms with Crippen molar-refractivity contribution >= 4 is 15.7 Å². The monoisotopic (exact) mass is 291 g/mol. The van der Waals surface area contributed by atoms with Crippen LogP contribution in [-0.2, 0) is 14.5 Å². The summed E-state index contributed by atoms with van der Waals surface area (Å²) in [6.07, 6.45) is -6.01. The van der Waals surface area contributed by atoms with Crippen LogP contribution in [-0.4, -0.2) is 43.7 Å². The zero-order chi connectivity index (χ0) is 14.6. The minimum absolute atomic E-state index is 0.0359. The zero-order valence-electron chi connectivity index (χ0n) is 9.79. The number of rotatable bonds is 7. The maximum absolute atomic E-state index is 12.3. The van der Waals surface area contributed by atoms with Crippen molar-refractivity contribution in [3.8, 4) is 0 Å². The van der Waals surface area contributed by atoms with E-state index in [1.807, 2.05) is 0 Å². The second-order valence-electron chi connectivity index (χ2n) is 4.24. The van der Waals surface area contributed by atoms with E-state index < -0.39 is 39.6 Å². The highest BCUT2D eigenvalue weighted by atomic mass is 32.2. The Morgan fingerprint density at radius 1 is 1.33 bits per heavy atom. The van der Waals surface area contributed by atoms with Crippen LogP contribution in [0.5, 0.6) is 0 Å². The molecular weight excluding hydrogens is 275 g/mol. The minimum Gasteiger partial charge on any atom is -0.481 e. The largest absolute Gasteiger partial charge is 0.481 e. The first-order chi connectivity index (χ1) is 7.87. The number of alkyl halides is 3. The number of carboxylic acids is 1. The molecule has 0 amide bonds. The maximum Gasteiger partial charge on any atom is 0.416 e. The number of aliphatic carboxylic acids is 1. The van der Waals surface area contributed by atoms with Crippen molar-refractivity contribution in [2.24, 2.45) is 0 Å². The summed E-state index contributed by atoms with van der Waals surface area (Å²) in [6, 6.07) is 0. The Balaban J connectivity index is 4.32. The van der Waals surface area contributed by atoms with Crippen LogP contribution in [0.15, 0.2) is 0 Å². The van der Waals surface area contributed by atoms with Crippen molar-refractivity contribution < 1.29 is 32.4 Å². The first-order valence-electron chi connectivity index (χ1n) is 5.12. The first kappa shape index (κ1) is 17.2. The van der Waals surface area contributed by atoms with Crippen LogP contribution < -0.4 is 0 Å². The predicted molar refractivity (Wildman–Crippen MR) is 58.8 cm³/mol. The molecule has 0 radical (unpaired) electrons. The summed E-state index contributed by atoms with van der Waals surface area (Å²) in [5.74, 6) is -2.01. The molecule has 108 valence electrons. The van der Waals surface area contributed by atoms with E-state index in [0.29, 0.717) is 6.92 Å². The molecule has 0 aromatic heterocycles. The number of carboxylic acid groups (broad SMARTS) is 1. The quantitative estimate of drug-likeness (QED) is 0.663. The fraction of sp³-hybridized carbons (Fsp3) is 0.889. The van der Waals surface area contributed by atoms with Crippen molar-refractivity contribution in [2.75, 3.05) is 11.5 Å². The first-order valence-corrected chi connectivity index (χ1v) is 7.02. The van der Waals surface area contributed by atoms with Crippen molar-refractivity contribution in [1.29, 1.82) is 4.78 Å². The van der Waals surface area contributed by atoms with Crippen molar-refractivity contribution in [3.05, 3.63) is 0 Å².